The molecule has 1 heterocycles. The third-order valence-corrected chi connectivity index (χ3v) is 5.94. The third kappa shape index (κ3) is 3.71. The van der Waals surface area contributed by atoms with E-state index < -0.39 is 5.60 Å². The van der Waals surface area contributed by atoms with Crippen molar-refractivity contribution in [2.45, 2.75) is 57.2 Å². The summed E-state index contributed by atoms with van der Waals surface area (Å²) in [5, 5.41) is 14.4. The molecule has 1 aromatic carbocycles. The average Bonchev–Trinajstić information content (AvgIpc) is 3.41. The number of hydrogen-bond acceptors (Lipinski definition) is 4. The van der Waals surface area contributed by atoms with Gasteiger partial charge in [0.2, 0.25) is 0 Å². The second-order valence-electron chi connectivity index (χ2n) is 7.98. The first kappa shape index (κ1) is 19.1. The van der Waals surface area contributed by atoms with Crippen molar-refractivity contribution in [2.75, 3.05) is 20.2 Å². The Morgan fingerprint density at radius 2 is 2.08 bits per heavy atom. The van der Waals surface area contributed by atoms with Gasteiger partial charge in [0, 0.05) is 30.7 Å². The summed E-state index contributed by atoms with van der Waals surface area (Å²) < 4.78 is 19.3. The number of amides is 1. The SMILES string of the molecule is COc1ccc(F)c(CN2CCCC(O)(CNC3(C(C)C)CC3)C2=O)c1. The molecule has 2 fully saturated rings. The number of aliphatic hydroxyl groups is 1. The highest BCUT2D eigenvalue weighted by molar-refractivity contribution is 5.86. The zero-order chi connectivity index (χ0) is 18.9. The number of likely N-dealkylation sites (tertiary alicyclic amines) is 1. The minimum absolute atomic E-state index is 0.0528. The lowest BCUT2D eigenvalue weighted by Crippen LogP contribution is -2.59. The van der Waals surface area contributed by atoms with Crippen molar-refractivity contribution in [1.82, 2.24) is 10.2 Å². The van der Waals surface area contributed by atoms with Gasteiger partial charge in [-0.1, -0.05) is 13.8 Å². The minimum Gasteiger partial charge on any atom is -0.497 e. The van der Waals surface area contributed by atoms with Gasteiger partial charge in [-0.3, -0.25) is 4.79 Å². The van der Waals surface area contributed by atoms with Crippen LogP contribution in [-0.2, 0) is 11.3 Å². The Kier molecular flexibility index (Phi) is 5.26. The Bertz CT molecular complexity index is 675. The van der Waals surface area contributed by atoms with E-state index in [1.165, 1.54) is 13.2 Å². The van der Waals surface area contributed by atoms with Crippen LogP contribution in [0.5, 0.6) is 5.75 Å². The summed E-state index contributed by atoms with van der Waals surface area (Å²) in [5.74, 6) is 0.322. The summed E-state index contributed by atoms with van der Waals surface area (Å²) in [6.45, 7) is 5.23. The number of nitrogens with zero attached hydrogens (tertiary/aromatic N) is 1. The van der Waals surface area contributed by atoms with Gasteiger partial charge >= 0.3 is 0 Å². The molecule has 2 aliphatic rings. The van der Waals surface area contributed by atoms with Gasteiger partial charge in [0.05, 0.1) is 7.11 Å². The number of piperidine rings is 1. The van der Waals surface area contributed by atoms with Crippen LogP contribution in [0.2, 0.25) is 0 Å². The van der Waals surface area contributed by atoms with Crippen LogP contribution in [-0.4, -0.2) is 47.3 Å². The first-order chi connectivity index (χ1) is 12.3. The molecule has 1 saturated carbocycles. The zero-order valence-electron chi connectivity index (χ0n) is 15.8. The number of halogens is 1. The Balaban J connectivity index is 1.69. The highest BCUT2D eigenvalue weighted by Crippen LogP contribution is 2.42. The van der Waals surface area contributed by atoms with Gasteiger partial charge in [-0.15, -0.1) is 0 Å². The third-order valence-electron chi connectivity index (χ3n) is 5.94. The maximum Gasteiger partial charge on any atom is 0.256 e. The molecule has 1 unspecified atom stereocenters. The van der Waals surface area contributed by atoms with Gasteiger partial charge in [0.25, 0.3) is 5.91 Å². The second kappa shape index (κ2) is 7.16. The Morgan fingerprint density at radius 3 is 2.69 bits per heavy atom. The molecule has 1 amide bonds. The van der Waals surface area contributed by atoms with Gasteiger partial charge in [-0.2, -0.15) is 0 Å². The first-order valence-electron chi connectivity index (χ1n) is 9.39. The van der Waals surface area contributed by atoms with Crippen LogP contribution in [0.4, 0.5) is 4.39 Å². The standard InChI is InChI=1S/C20H29FN2O3/c1-14(2)19(8-9-19)22-13-20(25)7-4-10-23(18(20)24)12-15-11-16(26-3)5-6-17(15)21/h5-6,11,14,22,25H,4,7-10,12-13H2,1-3H3. The van der Waals surface area contributed by atoms with E-state index in [9.17, 15) is 14.3 Å². The number of carbonyl (C=O) groups is 1. The van der Waals surface area contributed by atoms with Crippen molar-refractivity contribution in [2.24, 2.45) is 5.92 Å². The van der Waals surface area contributed by atoms with E-state index in [4.69, 9.17) is 4.74 Å². The molecule has 1 saturated heterocycles. The van der Waals surface area contributed by atoms with E-state index in [2.05, 4.69) is 19.2 Å². The number of nitrogens with one attached hydrogen (secondary N) is 1. The van der Waals surface area contributed by atoms with Gasteiger partial charge in [-0.25, -0.2) is 4.39 Å². The molecule has 26 heavy (non-hydrogen) atoms. The van der Waals surface area contributed by atoms with Crippen LogP contribution in [0.25, 0.3) is 0 Å². The van der Waals surface area contributed by atoms with Crippen molar-refractivity contribution in [3.05, 3.63) is 29.6 Å². The average molecular weight is 364 g/mol. The fourth-order valence-electron chi connectivity index (χ4n) is 3.80. The molecule has 1 aliphatic heterocycles. The molecule has 0 aromatic heterocycles. The summed E-state index contributed by atoms with van der Waals surface area (Å²) in [5.41, 5.74) is -0.967. The maximum absolute atomic E-state index is 14.1. The van der Waals surface area contributed by atoms with Crippen molar-refractivity contribution >= 4 is 5.91 Å². The lowest BCUT2D eigenvalue weighted by Gasteiger charge is -2.39. The molecule has 1 aromatic rings. The number of methoxy groups -OCH3 is 1. The predicted molar refractivity (Wildman–Crippen MR) is 97.4 cm³/mol. The van der Waals surface area contributed by atoms with Crippen LogP contribution >= 0.6 is 0 Å². The summed E-state index contributed by atoms with van der Waals surface area (Å²) in [6.07, 6.45) is 3.29. The lowest BCUT2D eigenvalue weighted by atomic mass is 9.90. The summed E-state index contributed by atoms with van der Waals surface area (Å²) in [6, 6.07) is 4.50. The van der Waals surface area contributed by atoms with Gasteiger partial charge in [0.15, 0.2) is 5.60 Å². The van der Waals surface area contributed by atoms with E-state index in [-0.39, 0.29) is 30.4 Å². The lowest BCUT2D eigenvalue weighted by molar-refractivity contribution is -0.157. The smallest absolute Gasteiger partial charge is 0.256 e. The molecular weight excluding hydrogens is 335 g/mol. The largest absolute Gasteiger partial charge is 0.497 e. The van der Waals surface area contributed by atoms with E-state index in [1.807, 2.05) is 0 Å². The van der Waals surface area contributed by atoms with Gasteiger partial charge in [-0.05, 0) is 49.8 Å². The molecule has 1 atom stereocenters. The predicted octanol–water partition coefficient (Wildman–Crippen LogP) is 2.47. The highest BCUT2D eigenvalue weighted by Gasteiger charge is 2.49. The fraction of sp³-hybridized carbons (Fsp3) is 0.650. The van der Waals surface area contributed by atoms with E-state index in [0.29, 0.717) is 36.6 Å². The van der Waals surface area contributed by atoms with E-state index in [1.54, 1.807) is 17.0 Å². The van der Waals surface area contributed by atoms with Crippen molar-refractivity contribution < 1.29 is 19.0 Å². The highest BCUT2D eigenvalue weighted by atomic mass is 19.1. The number of ether oxygens (including phenoxy) is 1. The first-order valence-corrected chi connectivity index (χ1v) is 9.39. The topological polar surface area (TPSA) is 61.8 Å². The Hall–Kier alpha value is -1.66. The van der Waals surface area contributed by atoms with Crippen LogP contribution in [0, 0.1) is 11.7 Å². The number of β-amino-alcohol motifs (C(OH)–C–C–N with tert-alkyl or cyclic N) is 1. The molecule has 1 aliphatic carbocycles. The zero-order valence-corrected chi connectivity index (χ0v) is 15.8. The minimum atomic E-state index is -1.42. The Labute approximate surface area is 154 Å². The van der Waals surface area contributed by atoms with Crippen molar-refractivity contribution in [3.8, 4) is 5.75 Å². The molecule has 0 radical (unpaired) electrons. The summed E-state index contributed by atoms with van der Waals surface area (Å²) in [7, 11) is 1.52. The molecule has 6 heteroatoms. The molecule has 2 N–H and O–H groups in total. The molecule has 5 nitrogen and oxygen atoms in total. The molecule has 3 rings (SSSR count). The number of rotatable bonds is 7. The number of benzene rings is 1. The molecular formula is C20H29FN2O3. The quantitative estimate of drug-likeness (QED) is 0.780. The monoisotopic (exact) mass is 364 g/mol. The van der Waals surface area contributed by atoms with Crippen LogP contribution < -0.4 is 10.1 Å². The van der Waals surface area contributed by atoms with E-state index in [0.717, 1.165) is 12.8 Å². The van der Waals surface area contributed by atoms with Gasteiger partial charge < -0.3 is 20.1 Å². The van der Waals surface area contributed by atoms with Crippen molar-refractivity contribution in [1.29, 1.82) is 0 Å². The Morgan fingerprint density at radius 1 is 1.35 bits per heavy atom. The molecule has 0 spiro atoms. The van der Waals surface area contributed by atoms with E-state index >= 15 is 0 Å². The normalized spacial score (nSPS) is 24.8. The van der Waals surface area contributed by atoms with Crippen LogP contribution in [0.1, 0.15) is 45.1 Å². The summed E-state index contributed by atoms with van der Waals surface area (Å²) >= 11 is 0. The van der Waals surface area contributed by atoms with Crippen LogP contribution in [0.3, 0.4) is 0 Å². The number of hydrogen-bond donors (Lipinski definition) is 2. The van der Waals surface area contributed by atoms with Crippen molar-refractivity contribution in [3.63, 3.8) is 0 Å². The molecule has 0 bridgehead atoms. The van der Waals surface area contributed by atoms with Gasteiger partial charge in [0.1, 0.15) is 11.6 Å². The summed E-state index contributed by atoms with van der Waals surface area (Å²) in [4.78, 5) is 14.5. The number of carbonyl (C=O) groups excluding carboxylic acids is 1. The maximum atomic E-state index is 14.1. The second-order valence-corrected chi connectivity index (χ2v) is 7.98. The molecule has 144 valence electrons. The van der Waals surface area contributed by atoms with Crippen LogP contribution in [0.15, 0.2) is 18.2 Å². The fourth-order valence-corrected chi connectivity index (χ4v) is 3.80.